The molecule has 0 amide bonds. The minimum atomic E-state index is 0.135. The molecule has 0 saturated heterocycles. The molecule has 0 aromatic rings. The average Bonchev–Trinajstić information content (AvgIpc) is 2.06. The fraction of sp³-hybridized carbons (Fsp3) is 0.273. The summed E-state index contributed by atoms with van der Waals surface area (Å²) in [5.74, 6) is 0. The average molecular weight is 233 g/mol. The van der Waals surface area contributed by atoms with Gasteiger partial charge in [-0.25, -0.2) is 0 Å². The molecular weight excluding hydrogens is 223 g/mol. The Bertz CT molecular complexity index is 360. The van der Waals surface area contributed by atoms with Crippen molar-refractivity contribution >= 4 is 23.8 Å². The molecule has 0 nitrogen and oxygen atoms in total. The molecule has 0 aliphatic heterocycles. The van der Waals surface area contributed by atoms with E-state index >= 15 is 0 Å². The van der Waals surface area contributed by atoms with E-state index in [2.05, 4.69) is 47.2 Å². The molecule has 0 saturated carbocycles. The van der Waals surface area contributed by atoms with E-state index in [1.54, 1.807) is 0 Å². The van der Waals surface area contributed by atoms with E-state index in [9.17, 15) is 0 Å². The Morgan fingerprint density at radius 2 is 2.23 bits per heavy atom. The lowest BCUT2D eigenvalue weighted by molar-refractivity contribution is 0.523. The Balaban J connectivity index is 2.46. The number of hydrogen-bond donors (Lipinski definition) is 0. The number of fused-ring (bicyclic) bond motifs is 1. The van der Waals surface area contributed by atoms with Gasteiger partial charge in [0.05, 0.1) is 0 Å². The summed E-state index contributed by atoms with van der Waals surface area (Å²) in [5, 5.41) is 0. The van der Waals surface area contributed by atoms with Gasteiger partial charge in [0.2, 0.25) is 0 Å². The first-order valence-electron chi connectivity index (χ1n) is 4.33. The summed E-state index contributed by atoms with van der Waals surface area (Å²) >= 11 is 3.53. The van der Waals surface area contributed by atoms with Gasteiger partial charge in [0.25, 0.3) is 0 Å². The third kappa shape index (κ3) is 1.60. The van der Waals surface area contributed by atoms with Gasteiger partial charge in [0.15, 0.2) is 0 Å². The van der Waals surface area contributed by atoms with Crippen LogP contribution in [0.4, 0.5) is 0 Å². The molecule has 0 heterocycles. The molecule has 1 unspecified atom stereocenters. The third-order valence-corrected chi connectivity index (χ3v) is 3.15. The van der Waals surface area contributed by atoms with Crippen LogP contribution in [0.1, 0.15) is 13.3 Å². The molecule has 2 heteroatoms. The van der Waals surface area contributed by atoms with Gasteiger partial charge >= 0.3 is 0 Å². The second-order valence-electron chi connectivity index (χ2n) is 3.81. The number of rotatable bonds is 0. The van der Waals surface area contributed by atoms with E-state index < -0.39 is 0 Å². The molecule has 0 aromatic carbocycles. The van der Waals surface area contributed by atoms with Crippen molar-refractivity contribution in [1.82, 2.24) is 0 Å². The highest BCUT2D eigenvalue weighted by Gasteiger charge is 2.29. The fourth-order valence-corrected chi connectivity index (χ4v) is 2.47. The summed E-state index contributed by atoms with van der Waals surface area (Å²) in [6.07, 6.45) is 11.5. The first-order chi connectivity index (χ1) is 6.10. The highest BCUT2D eigenvalue weighted by Crippen LogP contribution is 2.43. The molecule has 0 bridgehead atoms. The van der Waals surface area contributed by atoms with Crippen molar-refractivity contribution in [2.75, 3.05) is 0 Å². The zero-order valence-electron chi connectivity index (χ0n) is 7.55. The van der Waals surface area contributed by atoms with E-state index in [4.69, 9.17) is 7.85 Å². The maximum absolute atomic E-state index is 5.74. The minimum Gasteiger partial charge on any atom is -0.0967 e. The van der Waals surface area contributed by atoms with Gasteiger partial charge in [-0.2, -0.15) is 0 Å². The van der Waals surface area contributed by atoms with E-state index in [1.807, 2.05) is 6.08 Å². The van der Waals surface area contributed by atoms with Crippen LogP contribution in [-0.4, -0.2) is 7.85 Å². The zero-order valence-corrected chi connectivity index (χ0v) is 9.14. The van der Waals surface area contributed by atoms with Crippen LogP contribution in [0.2, 0.25) is 0 Å². The lowest BCUT2D eigenvalue weighted by Crippen LogP contribution is -2.20. The van der Waals surface area contributed by atoms with Crippen LogP contribution in [0.5, 0.6) is 0 Å². The van der Waals surface area contributed by atoms with Crippen molar-refractivity contribution in [3.63, 3.8) is 0 Å². The highest BCUT2D eigenvalue weighted by molar-refractivity contribution is 9.11. The molecule has 13 heavy (non-hydrogen) atoms. The van der Waals surface area contributed by atoms with Crippen LogP contribution in [-0.2, 0) is 0 Å². The molecule has 0 N–H and O–H groups in total. The predicted octanol–water partition coefficient (Wildman–Crippen LogP) is 3.22. The molecule has 2 aliphatic rings. The predicted molar refractivity (Wildman–Crippen MR) is 60.8 cm³/mol. The Kier molecular flexibility index (Phi) is 2.11. The number of allylic oxidation sites excluding steroid dienone is 8. The SMILES string of the molecule is [B]C1=CC2=CC=C(Br)CC2(C)C=C1. The third-order valence-electron chi connectivity index (χ3n) is 2.61. The Labute approximate surface area is 88.6 Å². The number of halogens is 1. The van der Waals surface area contributed by atoms with Gasteiger partial charge in [0.1, 0.15) is 7.85 Å². The van der Waals surface area contributed by atoms with Gasteiger partial charge in [0, 0.05) is 5.41 Å². The molecule has 2 aliphatic carbocycles. The molecule has 2 rings (SSSR count). The Morgan fingerprint density at radius 3 is 3.00 bits per heavy atom. The van der Waals surface area contributed by atoms with Crippen LogP contribution < -0.4 is 0 Å². The first kappa shape index (κ1) is 9.08. The van der Waals surface area contributed by atoms with Crippen LogP contribution in [0.15, 0.2) is 45.9 Å². The zero-order chi connectivity index (χ0) is 9.47. The van der Waals surface area contributed by atoms with Gasteiger partial charge < -0.3 is 0 Å². The van der Waals surface area contributed by atoms with Crippen molar-refractivity contribution in [3.05, 3.63) is 45.9 Å². The van der Waals surface area contributed by atoms with Crippen molar-refractivity contribution in [2.24, 2.45) is 5.41 Å². The minimum absolute atomic E-state index is 0.135. The van der Waals surface area contributed by atoms with Gasteiger partial charge in [-0.15, -0.1) is 0 Å². The van der Waals surface area contributed by atoms with Crippen LogP contribution >= 0.6 is 15.9 Å². The summed E-state index contributed by atoms with van der Waals surface area (Å²) in [4.78, 5) is 0. The van der Waals surface area contributed by atoms with Gasteiger partial charge in [-0.05, 0) is 16.5 Å². The molecule has 0 spiro atoms. The molecule has 2 radical (unpaired) electrons. The first-order valence-corrected chi connectivity index (χ1v) is 5.13. The van der Waals surface area contributed by atoms with E-state index in [0.717, 1.165) is 11.9 Å². The smallest absolute Gasteiger partial charge is 0.0967 e. The van der Waals surface area contributed by atoms with E-state index in [1.165, 1.54) is 10.1 Å². The summed E-state index contributed by atoms with van der Waals surface area (Å²) in [7, 11) is 5.74. The highest BCUT2D eigenvalue weighted by atomic mass is 79.9. The van der Waals surface area contributed by atoms with E-state index in [-0.39, 0.29) is 5.41 Å². The topological polar surface area (TPSA) is 0 Å². The largest absolute Gasteiger partial charge is 0.113 e. The lowest BCUT2D eigenvalue weighted by atomic mass is 9.70. The number of hydrogen-bond acceptors (Lipinski definition) is 0. The van der Waals surface area contributed by atoms with Crippen molar-refractivity contribution < 1.29 is 0 Å². The standard InChI is InChI=1S/C11H10BBr/c1-11-5-4-9(12)6-8(11)2-3-10(13)7-11/h2-6H,7H2,1H3. The van der Waals surface area contributed by atoms with Crippen molar-refractivity contribution in [3.8, 4) is 0 Å². The molecule has 1 atom stereocenters. The normalized spacial score (nSPS) is 31.7. The maximum Gasteiger partial charge on any atom is 0.113 e. The van der Waals surface area contributed by atoms with Crippen LogP contribution in [0.3, 0.4) is 0 Å². The second kappa shape index (κ2) is 3.02. The van der Waals surface area contributed by atoms with Gasteiger partial charge in [-0.3, -0.25) is 0 Å². The van der Waals surface area contributed by atoms with Crippen molar-refractivity contribution in [2.45, 2.75) is 13.3 Å². The maximum atomic E-state index is 5.74. The molecule has 64 valence electrons. The Morgan fingerprint density at radius 1 is 1.46 bits per heavy atom. The Hall–Kier alpha value is -0.495. The quantitative estimate of drug-likeness (QED) is 0.563. The van der Waals surface area contributed by atoms with Gasteiger partial charge in [-0.1, -0.05) is 58.7 Å². The molecule has 0 aromatic heterocycles. The summed E-state index contributed by atoms with van der Waals surface area (Å²) in [6.45, 7) is 2.23. The van der Waals surface area contributed by atoms with Crippen LogP contribution in [0, 0.1) is 5.41 Å². The fourth-order valence-electron chi connectivity index (χ4n) is 1.76. The summed E-state index contributed by atoms with van der Waals surface area (Å²) < 4.78 is 1.25. The molecule has 0 fully saturated rings. The van der Waals surface area contributed by atoms with E-state index in [0.29, 0.717) is 0 Å². The summed E-state index contributed by atoms with van der Waals surface area (Å²) in [5.41, 5.74) is 2.28. The second-order valence-corrected chi connectivity index (χ2v) is 4.83. The molecular formula is C11H10BBr. The van der Waals surface area contributed by atoms with Crippen molar-refractivity contribution in [1.29, 1.82) is 0 Å². The monoisotopic (exact) mass is 232 g/mol. The lowest BCUT2D eigenvalue weighted by Gasteiger charge is -2.33. The van der Waals surface area contributed by atoms with Crippen LogP contribution in [0.25, 0.3) is 0 Å². The summed E-state index contributed by atoms with van der Waals surface area (Å²) in [6, 6.07) is 0.